The van der Waals surface area contributed by atoms with Crippen LogP contribution in [0.1, 0.15) is 27.7 Å². The quantitative estimate of drug-likeness (QED) is 0.250. The molecule has 0 bridgehead atoms. The highest BCUT2D eigenvalue weighted by Crippen LogP contribution is 2.43. The van der Waals surface area contributed by atoms with Crippen LogP contribution in [-0.2, 0) is 39.4 Å². The number of hydrogen-bond donors (Lipinski definition) is 2. The van der Waals surface area contributed by atoms with E-state index in [0.717, 1.165) is 0 Å². The highest BCUT2D eigenvalue weighted by atomic mass is 31.2. The first-order valence-electron chi connectivity index (χ1n) is 10.00. The number of anilines is 1. The second-order valence-corrected chi connectivity index (χ2v) is 9.41. The smallest absolute Gasteiger partial charge is 0.468 e. The van der Waals surface area contributed by atoms with Crippen LogP contribution in [0.5, 0.6) is 0 Å². The van der Waals surface area contributed by atoms with Gasteiger partial charge in [-0.15, -0.1) is 0 Å². The van der Waals surface area contributed by atoms with Crippen LogP contribution in [0.25, 0.3) is 11.2 Å². The molecule has 2 heterocycles. The largest absolute Gasteiger partial charge is 0.510 e. The van der Waals surface area contributed by atoms with Crippen molar-refractivity contribution in [3.63, 3.8) is 0 Å². The molecule has 184 valence electrons. The summed E-state index contributed by atoms with van der Waals surface area (Å²) < 4.78 is 40.1. The van der Waals surface area contributed by atoms with Crippen LogP contribution in [0.2, 0.25) is 0 Å². The lowest BCUT2D eigenvalue weighted by molar-refractivity contribution is -0.142. The van der Waals surface area contributed by atoms with Gasteiger partial charge in [0.15, 0.2) is 11.5 Å². The molecular weight excluding hydrogens is 459 g/mol. The van der Waals surface area contributed by atoms with Gasteiger partial charge in [0, 0.05) is 0 Å². The SMILES string of the molecule is COC(=O)[C@H](C)NP(=O)(CO[C@H](C)Cn1cnc2c(N)ncnc21)OCOC(=O)OC(C)C. The Morgan fingerprint density at radius 2 is 1.94 bits per heavy atom. The van der Waals surface area contributed by atoms with Gasteiger partial charge in [0.2, 0.25) is 6.79 Å². The minimum absolute atomic E-state index is 0.252. The highest BCUT2D eigenvalue weighted by molar-refractivity contribution is 7.56. The summed E-state index contributed by atoms with van der Waals surface area (Å²) in [5.74, 6) is -0.406. The Kier molecular flexibility index (Phi) is 9.53. The summed E-state index contributed by atoms with van der Waals surface area (Å²) in [4.78, 5) is 35.5. The third-order valence-corrected chi connectivity index (χ3v) is 5.92. The van der Waals surface area contributed by atoms with E-state index in [-0.39, 0.29) is 5.82 Å². The van der Waals surface area contributed by atoms with Gasteiger partial charge in [0.05, 0.1) is 32.2 Å². The van der Waals surface area contributed by atoms with E-state index in [0.29, 0.717) is 17.7 Å². The average molecular weight is 488 g/mol. The van der Waals surface area contributed by atoms with Gasteiger partial charge in [-0.2, -0.15) is 0 Å². The number of aromatic nitrogens is 4. The summed E-state index contributed by atoms with van der Waals surface area (Å²) >= 11 is 0. The monoisotopic (exact) mass is 488 g/mol. The second kappa shape index (κ2) is 11.9. The van der Waals surface area contributed by atoms with Gasteiger partial charge in [0.25, 0.3) is 7.52 Å². The molecule has 2 rings (SSSR count). The zero-order chi connectivity index (χ0) is 24.6. The molecule has 33 heavy (non-hydrogen) atoms. The second-order valence-electron chi connectivity index (χ2n) is 7.29. The molecule has 15 heteroatoms. The van der Waals surface area contributed by atoms with Gasteiger partial charge >= 0.3 is 12.1 Å². The number of nitrogen functional groups attached to an aromatic ring is 1. The zero-order valence-electron chi connectivity index (χ0n) is 19.1. The lowest BCUT2D eigenvalue weighted by atomic mass is 10.4. The molecule has 1 unspecified atom stereocenters. The van der Waals surface area contributed by atoms with E-state index in [1.807, 2.05) is 0 Å². The molecule has 0 amide bonds. The fraction of sp³-hybridized carbons (Fsp3) is 0.611. The number of nitrogens with one attached hydrogen (secondary N) is 1. The van der Waals surface area contributed by atoms with Crippen molar-refractivity contribution in [2.75, 3.05) is 26.0 Å². The predicted octanol–water partition coefficient (Wildman–Crippen LogP) is 1.65. The Hall–Kier alpha value is -2.80. The molecule has 0 spiro atoms. The number of esters is 1. The number of hydrogen-bond acceptors (Lipinski definition) is 12. The van der Waals surface area contributed by atoms with Crippen molar-refractivity contribution in [2.24, 2.45) is 0 Å². The van der Waals surface area contributed by atoms with Crippen molar-refractivity contribution in [3.8, 4) is 0 Å². The average Bonchev–Trinajstić information content (AvgIpc) is 3.15. The predicted molar refractivity (Wildman–Crippen MR) is 116 cm³/mol. The molecule has 0 radical (unpaired) electrons. The number of carbonyl (C=O) groups excluding carboxylic acids is 2. The third-order valence-electron chi connectivity index (χ3n) is 4.13. The lowest BCUT2D eigenvalue weighted by Gasteiger charge is -2.24. The fourth-order valence-corrected chi connectivity index (χ4v) is 4.20. The molecule has 14 nitrogen and oxygen atoms in total. The minimum atomic E-state index is -3.81. The molecule has 0 aliphatic heterocycles. The molecule has 3 atom stereocenters. The summed E-state index contributed by atoms with van der Waals surface area (Å²) in [6, 6.07) is -0.973. The van der Waals surface area contributed by atoms with Crippen LogP contribution in [0.3, 0.4) is 0 Å². The van der Waals surface area contributed by atoms with Gasteiger partial charge in [-0.1, -0.05) is 0 Å². The van der Waals surface area contributed by atoms with Crippen molar-refractivity contribution >= 4 is 36.6 Å². The van der Waals surface area contributed by atoms with E-state index in [1.54, 1.807) is 25.3 Å². The number of rotatable bonds is 12. The van der Waals surface area contributed by atoms with E-state index in [2.05, 4.69) is 24.8 Å². The first-order chi connectivity index (χ1) is 15.5. The van der Waals surface area contributed by atoms with Crippen molar-refractivity contribution in [3.05, 3.63) is 12.7 Å². The standard InChI is InChI=1S/C18H29N6O8P/c1-11(2)32-18(26)29-9-31-33(27,23-13(4)17(25)28-5)10-30-12(3)6-24-8-22-14-15(19)20-7-21-16(14)24/h7-8,11-13H,6,9-10H2,1-5H3,(H,23,27)(H2,19,20,21)/t12-,13+,33?/m1/s1. The van der Waals surface area contributed by atoms with Crippen LogP contribution >= 0.6 is 7.52 Å². The number of fused-ring (bicyclic) bond motifs is 1. The topological polar surface area (TPSA) is 179 Å². The van der Waals surface area contributed by atoms with Crippen molar-refractivity contribution in [1.82, 2.24) is 24.6 Å². The summed E-state index contributed by atoms with van der Waals surface area (Å²) in [6.45, 7) is 6.10. The number of nitrogens with zero attached hydrogens (tertiary/aromatic N) is 4. The molecule has 2 aromatic heterocycles. The molecule has 0 saturated carbocycles. The Bertz CT molecular complexity index is 999. The Balaban J connectivity index is 2.01. The molecule has 0 aliphatic rings. The van der Waals surface area contributed by atoms with Crippen LogP contribution in [0, 0.1) is 0 Å². The number of carbonyl (C=O) groups is 2. The fourth-order valence-electron chi connectivity index (χ4n) is 2.61. The Morgan fingerprint density at radius 3 is 2.61 bits per heavy atom. The minimum Gasteiger partial charge on any atom is -0.468 e. The van der Waals surface area contributed by atoms with E-state index < -0.39 is 51.0 Å². The normalized spacial score (nSPS) is 15.1. The number of nitrogens with two attached hydrogens (primary N) is 1. The maximum absolute atomic E-state index is 13.3. The number of imidazole rings is 1. The van der Waals surface area contributed by atoms with E-state index in [4.69, 9.17) is 24.5 Å². The molecule has 0 aliphatic carbocycles. The van der Waals surface area contributed by atoms with Crippen LogP contribution in [-0.4, -0.2) is 70.1 Å². The summed E-state index contributed by atoms with van der Waals surface area (Å²) in [6.07, 6.45) is 0.578. The van der Waals surface area contributed by atoms with E-state index in [9.17, 15) is 14.2 Å². The molecule has 0 aromatic carbocycles. The van der Waals surface area contributed by atoms with Crippen LogP contribution in [0.4, 0.5) is 10.6 Å². The van der Waals surface area contributed by atoms with Crippen molar-refractivity contribution in [1.29, 1.82) is 0 Å². The first kappa shape index (κ1) is 26.5. The molecule has 2 aromatic rings. The highest BCUT2D eigenvalue weighted by Gasteiger charge is 2.31. The third kappa shape index (κ3) is 7.93. The zero-order valence-corrected chi connectivity index (χ0v) is 20.0. The first-order valence-corrected chi connectivity index (χ1v) is 11.8. The van der Waals surface area contributed by atoms with E-state index >= 15 is 0 Å². The van der Waals surface area contributed by atoms with Crippen molar-refractivity contribution in [2.45, 2.75) is 52.5 Å². The summed E-state index contributed by atoms with van der Waals surface area (Å²) in [5.41, 5.74) is 6.77. The maximum Gasteiger partial charge on any atom is 0.510 e. The summed E-state index contributed by atoms with van der Waals surface area (Å²) in [7, 11) is -2.61. The van der Waals surface area contributed by atoms with Gasteiger partial charge in [-0.25, -0.2) is 24.8 Å². The molecule has 0 fully saturated rings. The molecule has 0 saturated heterocycles. The number of ether oxygens (including phenoxy) is 4. The molecular formula is C18H29N6O8P. The lowest BCUT2D eigenvalue weighted by Crippen LogP contribution is -2.35. The Labute approximate surface area is 190 Å². The van der Waals surface area contributed by atoms with Crippen molar-refractivity contribution < 1.29 is 37.6 Å². The Morgan fingerprint density at radius 1 is 1.21 bits per heavy atom. The number of methoxy groups -OCH3 is 1. The van der Waals surface area contributed by atoms with Gasteiger partial charge < -0.3 is 29.2 Å². The van der Waals surface area contributed by atoms with E-state index in [1.165, 1.54) is 26.7 Å². The van der Waals surface area contributed by atoms with Gasteiger partial charge in [0.1, 0.15) is 24.2 Å². The van der Waals surface area contributed by atoms with Crippen LogP contribution < -0.4 is 10.8 Å². The van der Waals surface area contributed by atoms with Gasteiger partial charge in [-0.05, 0) is 27.7 Å². The molecule has 3 N–H and O–H groups in total. The summed E-state index contributed by atoms with van der Waals surface area (Å²) in [5, 5.41) is 2.56. The van der Waals surface area contributed by atoms with Crippen LogP contribution in [0.15, 0.2) is 12.7 Å². The maximum atomic E-state index is 13.3. The van der Waals surface area contributed by atoms with Gasteiger partial charge in [-0.3, -0.25) is 13.9 Å².